The van der Waals surface area contributed by atoms with Crippen molar-refractivity contribution in [3.05, 3.63) is 57.1 Å². The Morgan fingerprint density at radius 2 is 1.76 bits per heavy atom. The van der Waals surface area contributed by atoms with Gasteiger partial charge < -0.3 is 9.84 Å². The maximum Gasteiger partial charge on any atom is 0.275 e. The van der Waals surface area contributed by atoms with Crippen molar-refractivity contribution in [3.8, 4) is 0 Å². The smallest absolute Gasteiger partial charge is 0.275 e. The van der Waals surface area contributed by atoms with E-state index in [1.165, 1.54) is 4.68 Å². The van der Waals surface area contributed by atoms with Crippen LogP contribution in [-0.4, -0.2) is 26.7 Å². The monoisotopic (exact) mass is 340 g/mol. The van der Waals surface area contributed by atoms with Crippen LogP contribution in [-0.2, 0) is 11.3 Å². The fraction of sp³-hybridized carbons (Fsp3) is 0.368. The van der Waals surface area contributed by atoms with Crippen LogP contribution in [0.25, 0.3) is 21.5 Å². The van der Waals surface area contributed by atoms with Crippen LogP contribution in [0.15, 0.2) is 46.0 Å². The lowest BCUT2D eigenvalue weighted by Crippen LogP contribution is -2.54. The van der Waals surface area contributed by atoms with Crippen LogP contribution >= 0.6 is 0 Å². The Bertz CT molecular complexity index is 1100. The Labute approximate surface area is 143 Å². The van der Waals surface area contributed by atoms with Crippen molar-refractivity contribution in [1.82, 2.24) is 9.36 Å². The zero-order valence-corrected chi connectivity index (χ0v) is 14.2. The van der Waals surface area contributed by atoms with Gasteiger partial charge in [-0.25, -0.2) is 9.36 Å². The van der Waals surface area contributed by atoms with Crippen LogP contribution < -0.4 is 11.1 Å². The van der Waals surface area contributed by atoms with Crippen LogP contribution in [0, 0.1) is 0 Å². The summed E-state index contributed by atoms with van der Waals surface area (Å²) in [4.78, 5) is 26.0. The molecule has 0 fully saturated rings. The molecule has 1 N–H and O–H groups in total. The van der Waals surface area contributed by atoms with Gasteiger partial charge in [-0.05, 0) is 36.8 Å². The number of ether oxygens (including phenoxy) is 1. The number of hydrogen-bond donors (Lipinski definition) is 1. The van der Waals surface area contributed by atoms with E-state index in [1.54, 1.807) is 19.1 Å². The molecule has 0 amide bonds. The van der Waals surface area contributed by atoms with Crippen molar-refractivity contribution in [2.24, 2.45) is 0 Å². The normalized spacial score (nSPS) is 23.1. The van der Waals surface area contributed by atoms with Gasteiger partial charge >= 0.3 is 0 Å². The van der Waals surface area contributed by atoms with Gasteiger partial charge in [0.2, 0.25) is 0 Å². The molecule has 130 valence electrons. The highest BCUT2D eigenvalue weighted by molar-refractivity contribution is 5.97. The number of aliphatic hydroxyl groups is 1. The summed E-state index contributed by atoms with van der Waals surface area (Å²) in [7, 11) is 0. The molecule has 0 saturated carbocycles. The summed E-state index contributed by atoms with van der Waals surface area (Å²) in [5.41, 5.74) is -1.54. The number of nitrogens with zero attached hydrogens (tertiary/aromatic N) is 2. The molecule has 25 heavy (non-hydrogen) atoms. The number of benzene rings is 2. The summed E-state index contributed by atoms with van der Waals surface area (Å²) in [6, 6.07) is 11.1. The summed E-state index contributed by atoms with van der Waals surface area (Å²) < 4.78 is 8.18. The van der Waals surface area contributed by atoms with E-state index in [9.17, 15) is 14.7 Å². The van der Waals surface area contributed by atoms with Crippen LogP contribution in [0.4, 0.5) is 0 Å². The standard InChI is InChI=1S/C19H20N2O4/c1-3-25-19(2)8-9-20-16(22)14-10-12-6-4-5-7-13(12)11-15(14)17(23)21(20)18(19)24/h4-7,10-11,18,24H,3,8-9H2,1-2H3/t18?,19-/m1/s1. The van der Waals surface area contributed by atoms with Crippen LogP contribution in [0.1, 0.15) is 26.5 Å². The van der Waals surface area contributed by atoms with Crippen molar-refractivity contribution in [1.29, 1.82) is 0 Å². The minimum atomic E-state index is -1.21. The quantitative estimate of drug-likeness (QED) is 0.724. The van der Waals surface area contributed by atoms with Crippen LogP contribution in [0.2, 0.25) is 0 Å². The van der Waals surface area contributed by atoms with Gasteiger partial charge in [0, 0.05) is 19.6 Å². The zero-order valence-electron chi connectivity index (χ0n) is 14.2. The Morgan fingerprint density at radius 3 is 2.36 bits per heavy atom. The molecule has 1 aromatic heterocycles. The molecule has 1 unspecified atom stereocenters. The third-order valence-corrected chi connectivity index (χ3v) is 5.12. The highest BCUT2D eigenvalue weighted by Gasteiger charge is 2.41. The van der Waals surface area contributed by atoms with Crippen molar-refractivity contribution in [2.45, 2.75) is 38.6 Å². The second kappa shape index (κ2) is 5.54. The van der Waals surface area contributed by atoms with Crippen LogP contribution in [0.3, 0.4) is 0 Å². The molecule has 6 nitrogen and oxygen atoms in total. The number of aromatic nitrogens is 2. The van der Waals surface area contributed by atoms with E-state index in [-0.39, 0.29) is 11.1 Å². The van der Waals surface area contributed by atoms with Gasteiger partial charge in [0.05, 0.1) is 10.8 Å². The van der Waals surface area contributed by atoms with Gasteiger partial charge in [-0.1, -0.05) is 24.3 Å². The first-order chi connectivity index (χ1) is 12.0. The highest BCUT2D eigenvalue weighted by atomic mass is 16.5. The molecular weight excluding hydrogens is 320 g/mol. The van der Waals surface area contributed by atoms with E-state index in [1.807, 2.05) is 31.2 Å². The number of hydrogen-bond acceptors (Lipinski definition) is 4. The Kier molecular flexibility index (Phi) is 3.56. The molecule has 6 heteroatoms. The van der Waals surface area contributed by atoms with Crippen molar-refractivity contribution in [3.63, 3.8) is 0 Å². The summed E-state index contributed by atoms with van der Waals surface area (Å²) in [6.07, 6.45) is -0.752. The molecule has 1 aliphatic heterocycles. The van der Waals surface area contributed by atoms with E-state index < -0.39 is 11.8 Å². The molecular formula is C19H20N2O4. The topological polar surface area (TPSA) is 73.5 Å². The average molecular weight is 340 g/mol. The highest BCUT2D eigenvalue weighted by Crippen LogP contribution is 2.31. The maximum atomic E-state index is 13.1. The first kappa shape index (κ1) is 16.1. The molecule has 3 aromatic rings. The van der Waals surface area contributed by atoms with Gasteiger partial charge in [0.15, 0.2) is 6.23 Å². The minimum absolute atomic E-state index is 0.266. The second-order valence-corrected chi connectivity index (χ2v) is 6.69. The largest absolute Gasteiger partial charge is 0.371 e. The van der Waals surface area contributed by atoms with E-state index >= 15 is 0 Å². The lowest BCUT2D eigenvalue weighted by atomic mass is 9.97. The summed E-state index contributed by atoms with van der Waals surface area (Å²) in [5.74, 6) is 0. The van der Waals surface area contributed by atoms with Crippen molar-refractivity contribution < 1.29 is 9.84 Å². The molecule has 0 radical (unpaired) electrons. The third kappa shape index (κ3) is 2.25. The van der Waals surface area contributed by atoms with Gasteiger partial charge in [-0.2, -0.15) is 0 Å². The van der Waals surface area contributed by atoms with Gasteiger partial charge in [0.1, 0.15) is 5.60 Å². The number of rotatable bonds is 2. The van der Waals surface area contributed by atoms with E-state index in [0.29, 0.717) is 30.3 Å². The Hall–Kier alpha value is -2.44. The lowest BCUT2D eigenvalue weighted by molar-refractivity contribution is -0.172. The van der Waals surface area contributed by atoms with E-state index in [4.69, 9.17) is 4.74 Å². The number of aliphatic hydroxyl groups excluding tert-OH is 1. The summed E-state index contributed by atoms with van der Waals surface area (Å²) in [5, 5.41) is 13.3. The second-order valence-electron chi connectivity index (χ2n) is 6.69. The molecule has 2 heterocycles. The first-order valence-corrected chi connectivity index (χ1v) is 8.46. The minimum Gasteiger partial charge on any atom is -0.371 e. The molecule has 0 bridgehead atoms. The van der Waals surface area contributed by atoms with Crippen molar-refractivity contribution in [2.75, 3.05) is 6.61 Å². The number of fused-ring (bicyclic) bond motifs is 3. The predicted molar refractivity (Wildman–Crippen MR) is 95.9 cm³/mol. The molecule has 2 aromatic carbocycles. The Morgan fingerprint density at radius 1 is 1.16 bits per heavy atom. The van der Waals surface area contributed by atoms with Crippen molar-refractivity contribution >= 4 is 21.5 Å². The van der Waals surface area contributed by atoms with Gasteiger partial charge in [-0.3, -0.25) is 9.59 Å². The lowest BCUT2D eigenvalue weighted by Gasteiger charge is -2.40. The fourth-order valence-electron chi connectivity index (χ4n) is 3.71. The summed E-state index contributed by atoms with van der Waals surface area (Å²) >= 11 is 0. The third-order valence-electron chi connectivity index (χ3n) is 5.12. The first-order valence-electron chi connectivity index (χ1n) is 8.46. The fourth-order valence-corrected chi connectivity index (χ4v) is 3.71. The summed E-state index contributed by atoms with van der Waals surface area (Å²) in [6.45, 7) is 4.36. The van der Waals surface area contributed by atoms with Gasteiger partial charge in [0.25, 0.3) is 11.1 Å². The molecule has 0 aliphatic carbocycles. The predicted octanol–water partition coefficient (Wildman–Crippen LogP) is 2.01. The zero-order chi connectivity index (χ0) is 17.8. The SMILES string of the molecule is CCO[C@]1(C)CCn2c(=O)c3cc4ccccc4cc3c(=O)n2C1O. The molecule has 0 spiro atoms. The van der Waals surface area contributed by atoms with E-state index in [0.717, 1.165) is 15.5 Å². The Balaban J connectivity index is 2.07. The average Bonchev–Trinajstić information content (AvgIpc) is 2.61. The molecule has 1 aliphatic rings. The van der Waals surface area contributed by atoms with E-state index in [2.05, 4.69) is 0 Å². The molecule has 4 rings (SSSR count). The molecule has 0 saturated heterocycles. The maximum absolute atomic E-state index is 13.1. The van der Waals surface area contributed by atoms with Gasteiger partial charge in [-0.15, -0.1) is 0 Å². The van der Waals surface area contributed by atoms with Crippen LogP contribution in [0.5, 0.6) is 0 Å². The molecule has 2 atom stereocenters.